The third-order valence-corrected chi connectivity index (χ3v) is 3.80. The number of benzene rings is 1. The largest absolute Gasteiger partial charge is 0.316 e. The summed E-state index contributed by atoms with van der Waals surface area (Å²) in [4.78, 5) is 12.2. The van der Waals surface area contributed by atoms with Gasteiger partial charge in [-0.15, -0.1) is 0 Å². The summed E-state index contributed by atoms with van der Waals surface area (Å²) in [6.07, 6.45) is 0. The molecule has 0 bridgehead atoms. The molecule has 0 radical (unpaired) electrons. The number of rotatable bonds is 2. The maximum Gasteiger partial charge on any atom is 0.167 e. The molecule has 1 N–H and O–H groups in total. The standard InChI is InChI=1S/C12H13Cl2NO/c1-7-5-15-6-9(7)12(16)8-2-3-10(13)11(14)4-8/h2-4,7,9,15H,5-6H2,1H3. The van der Waals surface area contributed by atoms with E-state index in [1.807, 2.05) is 0 Å². The number of carbonyl (C=O) groups excluding carboxylic acids is 1. The molecule has 16 heavy (non-hydrogen) atoms. The maximum absolute atomic E-state index is 12.2. The Labute approximate surface area is 105 Å². The molecule has 1 aromatic rings. The molecule has 0 aliphatic carbocycles. The Kier molecular flexibility index (Phi) is 3.53. The molecule has 2 nitrogen and oxygen atoms in total. The summed E-state index contributed by atoms with van der Waals surface area (Å²) in [5, 5.41) is 4.14. The highest BCUT2D eigenvalue weighted by molar-refractivity contribution is 6.42. The number of halogens is 2. The fourth-order valence-electron chi connectivity index (χ4n) is 2.02. The third kappa shape index (κ3) is 2.24. The van der Waals surface area contributed by atoms with E-state index in [1.165, 1.54) is 0 Å². The second-order valence-corrected chi connectivity index (χ2v) is 5.05. The van der Waals surface area contributed by atoms with Crippen LogP contribution in [0.15, 0.2) is 18.2 Å². The fourth-order valence-corrected chi connectivity index (χ4v) is 2.32. The molecule has 1 aliphatic rings. The number of ketones is 1. The molecule has 2 unspecified atom stereocenters. The zero-order chi connectivity index (χ0) is 11.7. The SMILES string of the molecule is CC1CNCC1C(=O)c1ccc(Cl)c(Cl)c1. The molecule has 2 atom stereocenters. The number of carbonyl (C=O) groups is 1. The molecule has 0 aromatic heterocycles. The molecule has 4 heteroatoms. The van der Waals surface area contributed by atoms with E-state index in [2.05, 4.69) is 12.2 Å². The van der Waals surface area contributed by atoms with Crippen LogP contribution in [0.3, 0.4) is 0 Å². The van der Waals surface area contributed by atoms with Crippen LogP contribution in [0.25, 0.3) is 0 Å². The van der Waals surface area contributed by atoms with Crippen molar-refractivity contribution in [2.45, 2.75) is 6.92 Å². The fraction of sp³-hybridized carbons (Fsp3) is 0.417. The smallest absolute Gasteiger partial charge is 0.167 e. The average molecular weight is 258 g/mol. The van der Waals surface area contributed by atoms with Gasteiger partial charge in [0.2, 0.25) is 0 Å². The minimum absolute atomic E-state index is 0.0530. The Balaban J connectivity index is 2.23. The highest BCUT2D eigenvalue weighted by Crippen LogP contribution is 2.26. The molecular weight excluding hydrogens is 245 g/mol. The predicted molar refractivity (Wildman–Crippen MR) is 66.3 cm³/mol. The van der Waals surface area contributed by atoms with Crippen molar-refractivity contribution in [3.05, 3.63) is 33.8 Å². The summed E-state index contributed by atoms with van der Waals surface area (Å²) < 4.78 is 0. The molecule has 2 rings (SSSR count). The monoisotopic (exact) mass is 257 g/mol. The van der Waals surface area contributed by atoms with Gasteiger partial charge in [-0.25, -0.2) is 0 Å². The van der Waals surface area contributed by atoms with Gasteiger partial charge in [0.1, 0.15) is 0 Å². The molecule has 0 saturated carbocycles. The summed E-state index contributed by atoms with van der Waals surface area (Å²) >= 11 is 11.7. The van der Waals surface area contributed by atoms with E-state index in [9.17, 15) is 4.79 Å². The lowest BCUT2D eigenvalue weighted by atomic mass is 9.90. The second-order valence-electron chi connectivity index (χ2n) is 4.24. The minimum Gasteiger partial charge on any atom is -0.316 e. The van der Waals surface area contributed by atoms with Gasteiger partial charge in [0.25, 0.3) is 0 Å². The molecule has 1 aromatic carbocycles. The van der Waals surface area contributed by atoms with Crippen molar-refractivity contribution in [1.29, 1.82) is 0 Å². The lowest BCUT2D eigenvalue weighted by Gasteiger charge is -2.13. The first kappa shape index (κ1) is 11.9. The minimum atomic E-state index is 0.0530. The van der Waals surface area contributed by atoms with E-state index >= 15 is 0 Å². The van der Waals surface area contributed by atoms with Gasteiger partial charge in [-0.2, -0.15) is 0 Å². The Hall–Kier alpha value is -0.570. The Morgan fingerprint density at radius 3 is 2.62 bits per heavy atom. The van der Waals surface area contributed by atoms with Gasteiger partial charge < -0.3 is 5.32 Å². The molecule has 1 fully saturated rings. The highest BCUT2D eigenvalue weighted by Gasteiger charge is 2.30. The van der Waals surface area contributed by atoms with Gasteiger partial charge in [-0.3, -0.25) is 4.79 Å². The van der Waals surface area contributed by atoms with Gasteiger partial charge >= 0.3 is 0 Å². The Morgan fingerprint density at radius 1 is 1.31 bits per heavy atom. The first-order valence-electron chi connectivity index (χ1n) is 5.29. The van der Waals surface area contributed by atoms with E-state index in [4.69, 9.17) is 23.2 Å². The molecular formula is C12H13Cl2NO. The normalized spacial score (nSPS) is 24.7. The number of hydrogen-bond donors (Lipinski definition) is 1. The van der Waals surface area contributed by atoms with E-state index in [-0.39, 0.29) is 11.7 Å². The lowest BCUT2D eigenvalue weighted by Crippen LogP contribution is -2.21. The van der Waals surface area contributed by atoms with Crippen LogP contribution >= 0.6 is 23.2 Å². The van der Waals surface area contributed by atoms with Crippen LogP contribution < -0.4 is 5.32 Å². The van der Waals surface area contributed by atoms with Crippen molar-refractivity contribution >= 4 is 29.0 Å². The molecule has 1 heterocycles. The van der Waals surface area contributed by atoms with Gasteiger partial charge in [-0.05, 0) is 30.7 Å². The van der Waals surface area contributed by atoms with Gasteiger partial charge in [0.05, 0.1) is 10.0 Å². The van der Waals surface area contributed by atoms with Crippen LogP contribution in [0.4, 0.5) is 0 Å². The first-order chi connectivity index (χ1) is 7.59. The quantitative estimate of drug-likeness (QED) is 0.826. The van der Waals surface area contributed by atoms with Gasteiger partial charge in [0.15, 0.2) is 5.78 Å². The van der Waals surface area contributed by atoms with Crippen LogP contribution in [0.1, 0.15) is 17.3 Å². The van der Waals surface area contributed by atoms with Crippen molar-refractivity contribution in [3.8, 4) is 0 Å². The maximum atomic E-state index is 12.2. The van der Waals surface area contributed by atoms with E-state index < -0.39 is 0 Å². The van der Waals surface area contributed by atoms with E-state index in [1.54, 1.807) is 18.2 Å². The molecule has 0 spiro atoms. The van der Waals surface area contributed by atoms with Gasteiger partial charge in [-0.1, -0.05) is 30.1 Å². The zero-order valence-electron chi connectivity index (χ0n) is 8.97. The summed E-state index contributed by atoms with van der Waals surface area (Å²) in [5.74, 6) is 0.579. The van der Waals surface area contributed by atoms with E-state index in [0.717, 1.165) is 13.1 Å². The number of Topliss-reactive ketones (excluding diaryl/α,β-unsaturated/α-hetero) is 1. The zero-order valence-corrected chi connectivity index (χ0v) is 10.5. The Bertz CT molecular complexity index is 419. The van der Waals surface area contributed by atoms with Crippen LogP contribution in [-0.2, 0) is 0 Å². The summed E-state index contributed by atoms with van der Waals surface area (Å²) in [5.41, 5.74) is 0.648. The van der Waals surface area contributed by atoms with Crippen molar-refractivity contribution < 1.29 is 4.79 Å². The summed E-state index contributed by atoms with van der Waals surface area (Å²) in [6, 6.07) is 5.06. The topological polar surface area (TPSA) is 29.1 Å². The summed E-state index contributed by atoms with van der Waals surface area (Å²) in [7, 11) is 0. The molecule has 86 valence electrons. The predicted octanol–water partition coefficient (Wildman–Crippen LogP) is 3.03. The van der Waals surface area contributed by atoms with Crippen LogP contribution in [0, 0.1) is 11.8 Å². The summed E-state index contributed by atoms with van der Waals surface area (Å²) in [6.45, 7) is 3.73. The molecule has 1 saturated heterocycles. The Morgan fingerprint density at radius 2 is 2.06 bits per heavy atom. The molecule has 1 aliphatic heterocycles. The second kappa shape index (κ2) is 4.74. The van der Waals surface area contributed by atoms with Crippen LogP contribution in [-0.4, -0.2) is 18.9 Å². The van der Waals surface area contributed by atoms with Crippen molar-refractivity contribution in [1.82, 2.24) is 5.32 Å². The molecule has 0 amide bonds. The van der Waals surface area contributed by atoms with Crippen LogP contribution in [0.2, 0.25) is 10.0 Å². The average Bonchev–Trinajstić information content (AvgIpc) is 2.67. The van der Waals surface area contributed by atoms with Crippen molar-refractivity contribution in [2.24, 2.45) is 11.8 Å². The number of hydrogen-bond acceptors (Lipinski definition) is 2. The first-order valence-corrected chi connectivity index (χ1v) is 6.05. The van der Waals surface area contributed by atoms with Crippen LogP contribution in [0.5, 0.6) is 0 Å². The van der Waals surface area contributed by atoms with Crippen molar-refractivity contribution in [2.75, 3.05) is 13.1 Å². The number of nitrogens with one attached hydrogen (secondary N) is 1. The van der Waals surface area contributed by atoms with Gasteiger partial charge in [0, 0.05) is 18.0 Å². The lowest BCUT2D eigenvalue weighted by molar-refractivity contribution is 0.0908. The van der Waals surface area contributed by atoms with Crippen molar-refractivity contribution in [3.63, 3.8) is 0 Å². The van der Waals surface area contributed by atoms with E-state index in [0.29, 0.717) is 21.5 Å². The third-order valence-electron chi connectivity index (χ3n) is 3.06. The highest BCUT2D eigenvalue weighted by atomic mass is 35.5.